The average molecular weight is 475 g/mol. The minimum atomic E-state index is -0.0921. The van der Waals surface area contributed by atoms with E-state index in [0.29, 0.717) is 19.1 Å². The highest BCUT2D eigenvalue weighted by Gasteiger charge is 2.28. The Morgan fingerprint density at radius 2 is 1.97 bits per heavy atom. The number of imidazole rings is 1. The molecule has 3 aromatic rings. The Kier molecular flexibility index (Phi) is 7.01. The van der Waals surface area contributed by atoms with Gasteiger partial charge in [-0.15, -0.1) is 0 Å². The van der Waals surface area contributed by atoms with Gasteiger partial charge in [0.1, 0.15) is 11.9 Å². The summed E-state index contributed by atoms with van der Waals surface area (Å²) in [6.45, 7) is 6.18. The highest BCUT2D eigenvalue weighted by Crippen LogP contribution is 2.24. The molecule has 5 rings (SSSR count). The maximum Gasteiger partial charge on any atom is 0.321 e. The van der Waals surface area contributed by atoms with E-state index in [4.69, 9.17) is 4.74 Å². The van der Waals surface area contributed by atoms with Crippen LogP contribution in [-0.4, -0.2) is 70.8 Å². The first-order valence-electron chi connectivity index (χ1n) is 12.4. The molecule has 184 valence electrons. The van der Waals surface area contributed by atoms with Crippen LogP contribution < -0.4 is 15.4 Å². The Labute approximate surface area is 206 Å². The van der Waals surface area contributed by atoms with Crippen molar-refractivity contribution in [1.82, 2.24) is 24.7 Å². The van der Waals surface area contributed by atoms with E-state index in [1.807, 2.05) is 72.4 Å². The molecule has 2 fully saturated rings. The van der Waals surface area contributed by atoms with Gasteiger partial charge in [-0.25, -0.2) is 9.78 Å². The summed E-state index contributed by atoms with van der Waals surface area (Å²) < 4.78 is 8.06. The van der Waals surface area contributed by atoms with Gasteiger partial charge in [0.25, 0.3) is 0 Å². The second-order valence-corrected chi connectivity index (χ2v) is 9.54. The van der Waals surface area contributed by atoms with Crippen molar-refractivity contribution in [1.29, 1.82) is 0 Å². The number of urea groups is 1. The third kappa shape index (κ3) is 5.83. The molecule has 2 aliphatic heterocycles. The number of benzene rings is 2. The molecule has 1 unspecified atom stereocenters. The molecular formula is C27H34N6O2. The molecule has 2 aliphatic rings. The van der Waals surface area contributed by atoms with E-state index < -0.39 is 0 Å². The van der Waals surface area contributed by atoms with Crippen molar-refractivity contribution in [2.75, 3.05) is 38.5 Å². The average Bonchev–Trinajstić information content (AvgIpc) is 3.61. The molecule has 0 bridgehead atoms. The van der Waals surface area contributed by atoms with E-state index in [1.54, 1.807) is 0 Å². The van der Waals surface area contributed by atoms with E-state index in [9.17, 15) is 4.79 Å². The van der Waals surface area contributed by atoms with Crippen LogP contribution in [0.5, 0.6) is 5.75 Å². The number of rotatable bonds is 7. The second-order valence-electron chi connectivity index (χ2n) is 9.54. The van der Waals surface area contributed by atoms with E-state index in [0.717, 1.165) is 55.3 Å². The van der Waals surface area contributed by atoms with Crippen LogP contribution >= 0.6 is 0 Å². The van der Waals surface area contributed by atoms with E-state index in [-0.39, 0.29) is 12.1 Å². The van der Waals surface area contributed by atoms with Gasteiger partial charge in [0.2, 0.25) is 0 Å². The normalized spacial score (nSPS) is 20.3. The number of hydrogen-bond acceptors (Lipinski definition) is 5. The maximum absolute atomic E-state index is 13.1. The zero-order chi connectivity index (χ0) is 24.2. The SMILES string of the molecule is CN[C@H]1CCN(Cc2cc(NC(=O)N3CCC(Oc4ccccc4)C3)cc(-n3cnc(C)c3)c2)C1. The quantitative estimate of drug-likeness (QED) is 0.547. The predicted molar refractivity (Wildman–Crippen MR) is 137 cm³/mol. The highest BCUT2D eigenvalue weighted by atomic mass is 16.5. The molecule has 0 aliphatic carbocycles. The summed E-state index contributed by atoms with van der Waals surface area (Å²) >= 11 is 0. The van der Waals surface area contributed by atoms with Crippen molar-refractivity contribution in [2.45, 2.75) is 38.5 Å². The molecule has 35 heavy (non-hydrogen) atoms. The highest BCUT2D eigenvalue weighted by molar-refractivity contribution is 5.90. The lowest BCUT2D eigenvalue weighted by molar-refractivity contribution is 0.195. The van der Waals surface area contributed by atoms with Gasteiger partial charge in [0.05, 0.1) is 18.6 Å². The summed E-state index contributed by atoms with van der Waals surface area (Å²) in [5.41, 5.74) is 3.92. The standard InChI is InChI=1S/C27H34N6O2/c1-20-15-33(19-29-20)24-13-21(16-31-10-8-22(17-31)28-2)12-23(14-24)30-27(34)32-11-9-26(18-32)35-25-6-4-3-5-7-25/h3-7,12-15,19,22,26,28H,8-11,16-18H2,1-2H3,(H,30,34)/t22-,26?/m0/s1. The molecule has 2 saturated heterocycles. The molecule has 2 aromatic carbocycles. The molecule has 0 radical (unpaired) electrons. The number of nitrogens with zero attached hydrogens (tertiary/aromatic N) is 4. The molecule has 2 atom stereocenters. The fraction of sp³-hybridized carbons (Fsp3) is 0.407. The van der Waals surface area contributed by atoms with Crippen LogP contribution in [-0.2, 0) is 6.54 Å². The number of likely N-dealkylation sites (tertiary alicyclic amines) is 2. The van der Waals surface area contributed by atoms with E-state index >= 15 is 0 Å². The molecule has 3 heterocycles. The van der Waals surface area contributed by atoms with Gasteiger partial charge in [-0.3, -0.25) is 4.90 Å². The molecular weight excluding hydrogens is 440 g/mol. The predicted octanol–water partition coefficient (Wildman–Crippen LogP) is 3.66. The van der Waals surface area contributed by atoms with Crippen LogP contribution in [0.25, 0.3) is 5.69 Å². The number of nitrogens with one attached hydrogen (secondary N) is 2. The monoisotopic (exact) mass is 474 g/mol. The minimum Gasteiger partial charge on any atom is -0.489 e. The lowest BCUT2D eigenvalue weighted by Gasteiger charge is -2.20. The van der Waals surface area contributed by atoms with Crippen LogP contribution in [0.4, 0.5) is 10.5 Å². The lowest BCUT2D eigenvalue weighted by atomic mass is 10.1. The number of anilines is 1. The number of para-hydroxylation sites is 1. The Hall–Kier alpha value is -3.36. The smallest absolute Gasteiger partial charge is 0.321 e. The first-order valence-corrected chi connectivity index (χ1v) is 12.4. The first kappa shape index (κ1) is 23.4. The molecule has 0 saturated carbocycles. The number of carbonyl (C=O) groups is 1. The fourth-order valence-electron chi connectivity index (χ4n) is 4.92. The van der Waals surface area contributed by atoms with E-state index in [2.05, 4.69) is 32.7 Å². The largest absolute Gasteiger partial charge is 0.489 e. The van der Waals surface area contributed by atoms with Crippen molar-refractivity contribution in [3.63, 3.8) is 0 Å². The molecule has 2 N–H and O–H groups in total. The molecule has 8 heteroatoms. The number of hydrogen-bond donors (Lipinski definition) is 2. The second kappa shape index (κ2) is 10.5. The summed E-state index contributed by atoms with van der Waals surface area (Å²) in [7, 11) is 2.03. The summed E-state index contributed by atoms with van der Waals surface area (Å²) in [5, 5.41) is 6.52. The third-order valence-electron chi connectivity index (χ3n) is 6.80. The zero-order valence-corrected chi connectivity index (χ0v) is 20.5. The van der Waals surface area contributed by atoms with Gasteiger partial charge in [-0.2, -0.15) is 0 Å². The number of amides is 2. The van der Waals surface area contributed by atoms with Gasteiger partial charge in [0, 0.05) is 56.2 Å². The topological polar surface area (TPSA) is 74.7 Å². The summed E-state index contributed by atoms with van der Waals surface area (Å²) in [5.74, 6) is 0.843. The van der Waals surface area contributed by atoms with Crippen LogP contribution in [0.15, 0.2) is 61.1 Å². The van der Waals surface area contributed by atoms with Crippen LogP contribution in [0, 0.1) is 6.92 Å². The molecule has 8 nitrogen and oxygen atoms in total. The number of aryl methyl sites for hydroxylation is 1. The van der Waals surface area contributed by atoms with Crippen molar-refractivity contribution < 1.29 is 9.53 Å². The van der Waals surface area contributed by atoms with Gasteiger partial charge in [-0.05, 0) is 56.3 Å². The summed E-state index contributed by atoms with van der Waals surface area (Å²) in [4.78, 5) is 21.8. The number of carbonyl (C=O) groups excluding carboxylic acids is 1. The maximum atomic E-state index is 13.1. The lowest BCUT2D eigenvalue weighted by Crippen LogP contribution is -2.34. The number of aromatic nitrogens is 2. The van der Waals surface area contributed by atoms with Crippen LogP contribution in [0.3, 0.4) is 0 Å². The van der Waals surface area contributed by atoms with Gasteiger partial charge >= 0.3 is 6.03 Å². The zero-order valence-electron chi connectivity index (χ0n) is 20.5. The van der Waals surface area contributed by atoms with Crippen molar-refractivity contribution in [3.05, 3.63) is 72.3 Å². The van der Waals surface area contributed by atoms with Crippen LogP contribution in [0.2, 0.25) is 0 Å². The molecule has 1 aromatic heterocycles. The van der Waals surface area contributed by atoms with Gasteiger partial charge in [-0.1, -0.05) is 18.2 Å². The fourth-order valence-corrected chi connectivity index (χ4v) is 4.92. The Morgan fingerprint density at radius 1 is 1.11 bits per heavy atom. The summed E-state index contributed by atoms with van der Waals surface area (Å²) in [6.07, 6.45) is 5.81. The Morgan fingerprint density at radius 3 is 2.71 bits per heavy atom. The Balaban J connectivity index is 1.28. The summed E-state index contributed by atoms with van der Waals surface area (Å²) in [6, 6.07) is 16.5. The number of ether oxygens (including phenoxy) is 1. The third-order valence-corrected chi connectivity index (χ3v) is 6.80. The van der Waals surface area contributed by atoms with Crippen molar-refractivity contribution in [2.24, 2.45) is 0 Å². The van der Waals surface area contributed by atoms with E-state index in [1.165, 1.54) is 5.56 Å². The minimum absolute atomic E-state index is 0.00857. The van der Waals surface area contributed by atoms with Crippen molar-refractivity contribution >= 4 is 11.7 Å². The van der Waals surface area contributed by atoms with Crippen molar-refractivity contribution in [3.8, 4) is 11.4 Å². The van der Waals surface area contributed by atoms with Crippen LogP contribution in [0.1, 0.15) is 24.1 Å². The first-order chi connectivity index (χ1) is 17.1. The Bertz CT molecular complexity index is 1150. The molecule has 0 spiro atoms. The van der Waals surface area contributed by atoms with Gasteiger partial charge in [0.15, 0.2) is 0 Å². The number of likely N-dealkylation sites (N-methyl/N-ethyl adjacent to an activating group) is 1. The van der Waals surface area contributed by atoms with Gasteiger partial charge < -0.3 is 24.8 Å². The molecule has 2 amide bonds.